The van der Waals surface area contributed by atoms with Crippen LogP contribution >= 0.6 is 0 Å². The lowest BCUT2D eigenvalue weighted by atomic mass is 10.2. The maximum atomic E-state index is 3.63. The van der Waals surface area contributed by atoms with Crippen molar-refractivity contribution in [1.82, 2.24) is 0 Å². The fourth-order valence-corrected chi connectivity index (χ4v) is 0.589. The molecular formula is C17H22. The minimum Gasteiger partial charge on any atom is -0.0991 e. The van der Waals surface area contributed by atoms with E-state index >= 15 is 0 Å². The number of hydrogen-bond donors (Lipinski definition) is 0. The van der Waals surface area contributed by atoms with Gasteiger partial charge in [-0.3, -0.25) is 0 Å². The van der Waals surface area contributed by atoms with Gasteiger partial charge in [0, 0.05) is 0 Å². The first kappa shape index (κ1) is 17.3. The minimum atomic E-state index is 1.02. The molecule has 0 atom stereocenters. The highest BCUT2D eigenvalue weighted by atomic mass is 13.8. The second kappa shape index (κ2) is 13.9. The molecule has 90 valence electrons. The van der Waals surface area contributed by atoms with Crippen LogP contribution in [0.5, 0.6) is 0 Å². The Morgan fingerprint density at radius 1 is 0.941 bits per heavy atom. The van der Waals surface area contributed by atoms with Crippen molar-refractivity contribution in [2.24, 2.45) is 0 Å². The van der Waals surface area contributed by atoms with Gasteiger partial charge >= 0.3 is 0 Å². The summed E-state index contributed by atoms with van der Waals surface area (Å²) in [6.07, 6.45) is 6.83. The van der Waals surface area contributed by atoms with Gasteiger partial charge in [-0.1, -0.05) is 93.1 Å². The molecule has 0 saturated carbocycles. The Balaban J connectivity index is 0. The van der Waals surface area contributed by atoms with Crippen LogP contribution in [-0.2, 0) is 0 Å². The molecule has 0 nitrogen and oxygen atoms in total. The predicted molar refractivity (Wildman–Crippen MR) is 81.9 cm³/mol. The predicted octanol–water partition coefficient (Wildman–Crippen LogP) is 5.44. The summed E-state index contributed by atoms with van der Waals surface area (Å²) < 4.78 is 0. The van der Waals surface area contributed by atoms with Gasteiger partial charge in [0.2, 0.25) is 0 Å². The van der Waals surface area contributed by atoms with Gasteiger partial charge < -0.3 is 0 Å². The molecular weight excluding hydrogens is 204 g/mol. The first-order valence-electron chi connectivity index (χ1n) is 5.31. The fourth-order valence-electron chi connectivity index (χ4n) is 0.589. The topological polar surface area (TPSA) is 0 Å². The number of allylic oxidation sites excluding steroid dienone is 4. The van der Waals surface area contributed by atoms with Crippen LogP contribution in [0, 0.1) is 0 Å². The van der Waals surface area contributed by atoms with Gasteiger partial charge in [-0.05, 0) is 12.5 Å². The molecule has 0 saturated heterocycles. The van der Waals surface area contributed by atoms with Crippen molar-refractivity contribution in [2.75, 3.05) is 0 Å². The highest BCUT2D eigenvalue weighted by molar-refractivity contribution is 5.45. The molecule has 0 heterocycles. The van der Waals surface area contributed by atoms with E-state index in [4.69, 9.17) is 0 Å². The smallest absolute Gasteiger partial charge is 0.0263 e. The van der Waals surface area contributed by atoms with E-state index in [0.29, 0.717) is 0 Å². The zero-order valence-electron chi connectivity index (χ0n) is 10.7. The maximum absolute atomic E-state index is 3.63. The summed E-state index contributed by atoms with van der Waals surface area (Å²) in [5.41, 5.74) is 2.19. The van der Waals surface area contributed by atoms with Crippen molar-refractivity contribution in [2.45, 2.75) is 6.92 Å². The average molecular weight is 226 g/mol. The molecule has 1 rings (SSSR count). The van der Waals surface area contributed by atoms with Crippen LogP contribution in [0.2, 0.25) is 0 Å². The van der Waals surface area contributed by atoms with Gasteiger partial charge in [-0.25, -0.2) is 0 Å². The van der Waals surface area contributed by atoms with Crippen LogP contribution in [0.3, 0.4) is 0 Å². The summed E-state index contributed by atoms with van der Waals surface area (Å²) >= 11 is 0. The Hall–Kier alpha value is -2.08. The molecule has 1 aromatic rings. The fraction of sp³-hybridized carbons (Fsp3) is 0.0588. The Bertz CT molecular complexity index is 336. The summed E-state index contributed by atoms with van der Waals surface area (Å²) in [6.45, 7) is 19.3. The zero-order valence-corrected chi connectivity index (χ0v) is 10.7. The van der Waals surface area contributed by atoms with Crippen LogP contribution in [0.15, 0.2) is 87.0 Å². The maximum Gasteiger partial charge on any atom is -0.0263 e. The van der Waals surface area contributed by atoms with E-state index in [1.807, 2.05) is 43.3 Å². The molecule has 17 heavy (non-hydrogen) atoms. The highest BCUT2D eigenvalue weighted by Crippen LogP contribution is 1.97. The average Bonchev–Trinajstić information content (AvgIpc) is 2.40. The zero-order chi connectivity index (χ0) is 13.5. The Morgan fingerprint density at radius 2 is 1.35 bits per heavy atom. The molecule has 0 aliphatic rings. The molecule has 0 N–H and O–H groups in total. The van der Waals surface area contributed by atoms with Crippen LogP contribution in [0.25, 0.3) is 6.08 Å². The standard InChI is InChI=1S/C8H8.C5H8.C4H6/c1-2-8-6-4-3-5-7-8;1-4-5(2)3;1-3-4-2/h2-7H,1H2;4H,1-2H2,3H3;3-4H,1-2H2. The monoisotopic (exact) mass is 226 g/mol. The Labute approximate surface area is 106 Å². The molecule has 0 amide bonds. The van der Waals surface area contributed by atoms with Crippen molar-refractivity contribution >= 4 is 6.08 Å². The molecule has 0 spiro atoms. The summed E-state index contributed by atoms with van der Waals surface area (Å²) in [7, 11) is 0. The molecule has 0 radical (unpaired) electrons. The van der Waals surface area contributed by atoms with E-state index in [9.17, 15) is 0 Å². The Morgan fingerprint density at radius 3 is 1.53 bits per heavy atom. The van der Waals surface area contributed by atoms with Crippen molar-refractivity contribution < 1.29 is 0 Å². The van der Waals surface area contributed by atoms with Crippen molar-refractivity contribution in [3.05, 3.63) is 92.6 Å². The third-order valence-electron chi connectivity index (χ3n) is 1.55. The van der Waals surface area contributed by atoms with E-state index < -0.39 is 0 Å². The van der Waals surface area contributed by atoms with Crippen LogP contribution in [0.1, 0.15) is 12.5 Å². The molecule has 0 aliphatic heterocycles. The largest absolute Gasteiger partial charge is 0.0991 e. The first-order valence-corrected chi connectivity index (χ1v) is 5.31. The number of rotatable bonds is 3. The lowest BCUT2D eigenvalue weighted by Crippen LogP contribution is -1.63. The first-order chi connectivity index (χ1) is 8.12. The van der Waals surface area contributed by atoms with Crippen molar-refractivity contribution in [1.29, 1.82) is 0 Å². The van der Waals surface area contributed by atoms with E-state index in [1.165, 1.54) is 5.56 Å². The van der Waals surface area contributed by atoms with Gasteiger partial charge in [-0.15, -0.1) is 0 Å². The van der Waals surface area contributed by atoms with Gasteiger partial charge in [0.25, 0.3) is 0 Å². The van der Waals surface area contributed by atoms with Gasteiger partial charge in [0.05, 0.1) is 0 Å². The number of hydrogen-bond acceptors (Lipinski definition) is 0. The normalized spacial score (nSPS) is 7.12. The highest BCUT2D eigenvalue weighted by Gasteiger charge is 1.75. The Kier molecular flexibility index (Phi) is 14.2. The lowest BCUT2D eigenvalue weighted by molar-refractivity contribution is 1.58. The molecule has 0 bridgehead atoms. The lowest BCUT2D eigenvalue weighted by Gasteiger charge is -1.85. The van der Waals surface area contributed by atoms with E-state index in [2.05, 4.69) is 32.9 Å². The summed E-state index contributed by atoms with van der Waals surface area (Å²) in [4.78, 5) is 0. The SMILES string of the molecule is C=CC(=C)C.C=CC=C.C=Cc1ccccc1. The molecule has 0 unspecified atom stereocenters. The molecule has 0 heteroatoms. The number of benzene rings is 1. The summed E-state index contributed by atoms with van der Waals surface area (Å²) in [6, 6.07) is 10.0. The second-order valence-electron chi connectivity index (χ2n) is 3.14. The summed E-state index contributed by atoms with van der Waals surface area (Å²) in [5.74, 6) is 0. The van der Waals surface area contributed by atoms with Crippen LogP contribution in [-0.4, -0.2) is 0 Å². The molecule has 0 aromatic heterocycles. The second-order valence-corrected chi connectivity index (χ2v) is 3.14. The van der Waals surface area contributed by atoms with E-state index in [-0.39, 0.29) is 0 Å². The van der Waals surface area contributed by atoms with Gasteiger partial charge in [0.15, 0.2) is 0 Å². The third-order valence-corrected chi connectivity index (χ3v) is 1.55. The quantitative estimate of drug-likeness (QED) is 0.602. The van der Waals surface area contributed by atoms with Gasteiger partial charge in [0.1, 0.15) is 0 Å². The van der Waals surface area contributed by atoms with Gasteiger partial charge in [-0.2, -0.15) is 0 Å². The van der Waals surface area contributed by atoms with E-state index in [0.717, 1.165) is 5.57 Å². The van der Waals surface area contributed by atoms with Crippen LogP contribution in [0.4, 0.5) is 0 Å². The molecule has 0 aliphatic carbocycles. The van der Waals surface area contributed by atoms with Crippen LogP contribution < -0.4 is 0 Å². The third kappa shape index (κ3) is 16.6. The molecule has 1 aromatic carbocycles. The van der Waals surface area contributed by atoms with Crippen molar-refractivity contribution in [3.63, 3.8) is 0 Å². The van der Waals surface area contributed by atoms with Crippen molar-refractivity contribution in [3.8, 4) is 0 Å². The minimum absolute atomic E-state index is 1.02. The van der Waals surface area contributed by atoms with E-state index in [1.54, 1.807) is 18.2 Å². The summed E-state index contributed by atoms with van der Waals surface area (Å²) in [5, 5.41) is 0. The molecule has 0 fully saturated rings.